The van der Waals surface area contributed by atoms with Gasteiger partial charge in [0.15, 0.2) is 0 Å². The number of hydrogen-bond donors (Lipinski definition) is 1. The van der Waals surface area contributed by atoms with E-state index < -0.39 is 0 Å². The Balaban J connectivity index is 2.78. The first-order chi connectivity index (χ1) is 7.19. The van der Waals surface area contributed by atoms with Crippen molar-refractivity contribution in [3.8, 4) is 0 Å². The average molecular weight is 207 g/mol. The van der Waals surface area contributed by atoms with Crippen molar-refractivity contribution in [2.24, 2.45) is 0 Å². The van der Waals surface area contributed by atoms with E-state index in [1.165, 1.54) is 5.56 Å². The molecule has 15 heavy (non-hydrogen) atoms. The fourth-order valence-corrected chi connectivity index (χ4v) is 1.40. The molecule has 0 aromatic carbocycles. The van der Waals surface area contributed by atoms with E-state index in [9.17, 15) is 0 Å². The number of pyridine rings is 1. The van der Waals surface area contributed by atoms with Crippen molar-refractivity contribution in [1.29, 1.82) is 0 Å². The van der Waals surface area contributed by atoms with E-state index in [1.54, 1.807) is 0 Å². The summed E-state index contributed by atoms with van der Waals surface area (Å²) in [5.41, 5.74) is 2.40. The Labute approximate surface area is 92.5 Å². The van der Waals surface area contributed by atoms with Gasteiger partial charge in [0, 0.05) is 25.8 Å². The molecule has 84 valence electrons. The summed E-state index contributed by atoms with van der Waals surface area (Å²) in [7, 11) is 2.06. The van der Waals surface area contributed by atoms with Gasteiger partial charge >= 0.3 is 0 Å². The fourth-order valence-electron chi connectivity index (χ4n) is 1.40. The van der Waals surface area contributed by atoms with Crippen LogP contribution in [0.25, 0.3) is 0 Å². The quantitative estimate of drug-likeness (QED) is 0.800. The van der Waals surface area contributed by atoms with Gasteiger partial charge in [-0.25, -0.2) is 4.98 Å². The molecule has 0 bridgehead atoms. The molecule has 0 amide bonds. The Bertz CT molecular complexity index is 310. The number of hydrogen-bond acceptors (Lipinski definition) is 3. The second-order valence-corrected chi connectivity index (χ2v) is 3.71. The maximum atomic E-state index is 4.58. The molecule has 0 saturated carbocycles. The molecule has 0 aliphatic heterocycles. The van der Waals surface area contributed by atoms with Gasteiger partial charge in [-0.05, 0) is 32.0 Å². The average Bonchev–Trinajstić information content (AvgIpc) is 2.26. The van der Waals surface area contributed by atoms with Gasteiger partial charge in [0.05, 0.1) is 0 Å². The summed E-state index contributed by atoms with van der Waals surface area (Å²) >= 11 is 0. The normalized spacial score (nSPS) is 10.4. The molecule has 0 unspecified atom stereocenters. The smallest absolute Gasteiger partial charge is 0.128 e. The number of aryl methyl sites for hydroxylation is 1. The standard InChI is InChI=1S/C12H21N3/c1-5-13-9-11-7-8-12(14-10(11)3)15(4)6-2/h7-8,13H,5-6,9H2,1-4H3. The number of anilines is 1. The summed E-state index contributed by atoms with van der Waals surface area (Å²) < 4.78 is 0. The van der Waals surface area contributed by atoms with Gasteiger partial charge < -0.3 is 10.2 Å². The minimum atomic E-state index is 0.908. The summed E-state index contributed by atoms with van der Waals surface area (Å²) in [6.45, 7) is 9.20. The molecular formula is C12H21N3. The first-order valence-corrected chi connectivity index (χ1v) is 5.57. The Morgan fingerprint density at radius 3 is 2.60 bits per heavy atom. The van der Waals surface area contributed by atoms with Crippen LogP contribution in [0.5, 0.6) is 0 Å². The molecule has 1 N–H and O–H groups in total. The third kappa shape index (κ3) is 3.20. The monoisotopic (exact) mass is 207 g/mol. The molecule has 3 heteroatoms. The first-order valence-electron chi connectivity index (χ1n) is 5.57. The zero-order valence-corrected chi connectivity index (χ0v) is 10.2. The van der Waals surface area contributed by atoms with Gasteiger partial charge in [-0.1, -0.05) is 13.0 Å². The van der Waals surface area contributed by atoms with Crippen LogP contribution in [0.2, 0.25) is 0 Å². The van der Waals surface area contributed by atoms with E-state index in [0.29, 0.717) is 0 Å². The molecule has 0 radical (unpaired) electrons. The number of nitrogens with zero attached hydrogens (tertiary/aromatic N) is 2. The van der Waals surface area contributed by atoms with Crippen LogP contribution >= 0.6 is 0 Å². The van der Waals surface area contributed by atoms with Crippen molar-refractivity contribution in [1.82, 2.24) is 10.3 Å². The zero-order chi connectivity index (χ0) is 11.3. The van der Waals surface area contributed by atoms with Crippen molar-refractivity contribution in [3.63, 3.8) is 0 Å². The van der Waals surface area contributed by atoms with Crippen LogP contribution in [0, 0.1) is 6.92 Å². The maximum Gasteiger partial charge on any atom is 0.128 e. The highest BCUT2D eigenvalue weighted by Gasteiger charge is 2.03. The topological polar surface area (TPSA) is 28.2 Å². The van der Waals surface area contributed by atoms with E-state index in [1.807, 2.05) is 0 Å². The lowest BCUT2D eigenvalue weighted by molar-refractivity contribution is 0.719. The van der Waals surface area contributed by atoms with Crippen LogP contribution < -0.4 is 10.2 Å². The molecule has 1 aromatic rings. The number of nitrogens with one attached hydrogen (secondary N) is 1. The van der Waals surface area contributed by atoms with Gasteiger partial charge in [0.25, 0.3) is 0 Å². The summed E-state index contributed by atoms with van der Waals surface area (Å²) in [4.78, 5) is 6.73. The molecule has 1 aromatic heterocycles. The van der Waals surface area contributed by atoms with Gasteiger partial charge in [-0.2, -0.15) is 0 Å². The summed E-state index contributed by atoms with van der Waals surface area (Å²) in [5, 5.41) is 3.31. The van der Waals surface area contributed by atoms with Crippen molar-refractivity contribution >= 4 is 5.82 Å². The molecule has 0 atom stereocenters. The van der Waals surface area contributed by atoms with Gasteiger partial charge in [0.1, 0.15) is 5.82 Å². The highest BCUT2D eigenvalue weighted by molar-refractivity contribution is 5.40. The van der Waals surface area contributed by atoms with Crippen molar-refractivity contribution in [2.45, 2.75) is 27.3 Å². The van der Waals surface area contributed by atoms with Crippen LogP contribution in [-0.4, -0.2) is 25.1 Å². The van der Waals surface area contributed by atoms with E-state index in [4.69, 9.17) is 0 Å². The van der Waals surface area contributed by atoms with E-state index in [2.05, 4.69) is 55.2 Å². The maximum absolute atomic E-state index is 4.58. The van der Waals surface area contributed by atoms with E-state index >= 15 is 0 Å². The van der Waals surface area contributed by atoms with Crippen LogP contribution in [-0.2, 0) is 6.54 Å². The molecule has 3 nitrogen and oxygen atoms in total. The highest BCUT2D eigenvalue weighted by Crippen LogP contribution is 2.13. The Hall–Kier alpha value is -1.09. The molecule has 0 saturated heterocycles. The van der Waals surface area contributed by atoms with Gasteiger partial charge in [-0.15, -0.1) is 0 Å². The number of rotatable bonds is 5. The summed E-state index contributed by atoms with van der Waals surface area (Å²) in [6, 6.07) is 4.25. The lowest BCUT2D eigenvalue weighted by Crippen LogP contribution is -2.18. The molecule has 0 fully saturated rings. The third-order valence-corrected chi connectivity index (χ3v) is 2.61. The second kappa shape index (κ2) is 5.71. The summed E-state index contributed by atoms with van der Waals surface area (Å²) in [6.07, 6.45) is 0. The molecule has 0 aliphatic carbocycles. The SMILES string of the molecule is CCNCc1ccc(N(C)CC)nc1C. The number of aromatic nitrogens is 1. The second-order valence-electron chi connectivity index (χ2n) is 3.71. The molecule has 0 aliphatic rings. The van der Waals surface area contributed by atoms with Gasteiger partial charge in [-0.3, -0.25) is 0 Å². The molecule has 0 spiro atoms. The lowest BCUT2D eigenvalue weighted by atomic mass is 10.2. The Morgan fingerprint density at radius 1 is 1.33 bits per heavy atom. The van der Waals surface area contributed by atoms with E-state index in [-0.39, 0.29) is 0 Å². The fraction of sp³-hybridized carbons (Fsp3) is 0.583. The first kappa shape index (κ1) is 12.0. The minimum absolute atomic E-state index is 0.908. The third-order valence-electron chi connectivity index (χ3n) is 2.61. The van der Waals surface area contributed by atoms with Crippen LogP contribution in [0.3, 0.4) is 0 Å². The highest BCUT2D eigenvalue weighted by atomic mass is 15.2. The Morgan fingerprint density at radius 2 is 2.07 bits per heavy atom. The molecular weight excluding hydrogens is 186 g/mol. The zero-order valence-electron chi connectivity index (χ0n) is 10.2. The van der Waals surface area contributed by atoms with Crippen molar-refractivity contribution in [3.05, 3.63) is 23.4 Å². The van der Waals surface area contributed by atoms with Crippen LogP contribution in [0.15, 0.2) is 12.1 Å². The molecule has 1 heterocycles. The Kier molecular flexibility index (Phi) is 4.56. The largest absolute Gasteiger partial charge is 0.360 e. The molecule has 1 rings (SSSR count). The van der Waals surface area contributed by atoms with Crippen molar-refractivity contribution < 1.29 is 0 Å². The predicted molar refractivity (Wildman–Crippen MR) is 65.3 cm³/mol. The predicted octanol–water partition coefficient (Wildman–Crippen LogP) is 1.96. The summed E-state index contributed by atoms with van der Waals surface area (Å²) in [5.74, 6) is 1.05. The van der Waals surface area contributed by atoms with E-state index in [0.717, 1.165) is 31.1 Å². The van der Waals surface area contributed by atoms with Crippen LogP contribution in [0.4, 0.5) is 5.82 Å². The van der Waals surface area contributed by atoms with Gasteiger partial charge in [0.2, 0.25) is 0 Å². The van der Waals surface area contributed by atoms with Crippen LogP contribution in [0.1, 0.15) is 25.1 Å². The van der Waals surface area contributed by atoms with Crippen molar-refractivity contribution in [2.75, 3.05) is 25.0 Å². The minimum Gasteiger partial charge on any atom is -0.360 e. The lowest BCUT2D eigenvalue weighted by Gasteiger charge is -2.17.